The van der Waals surface area contributed by atoms with Gasteiger partial charge in [0.05, 0.1) is 23.2 Å². The predicted octanol–water partition coefficient (Wildman–Crippen LogP) is 3.96. The Labute approximate surface area is 195 Å². The molecule has 1 N–H and O–H groups in total. The van der Waals surface area contributed by atoms with Crippen LogP contribution in [0.2, 0.25) is 0 Å². The monoisotopic (exact) mass is 452 g/mol. The summed E-state index contributed by atoms with van der Waals surface area (Å²) in [5, 5.41) is 13.8. The molecule has 0 aliphatic carbocycles. The second-order valence-corrected chi connectivity index (χ2v) is 10.5. The van der Waals surface area contributed by atoms with Crippen LogP contribution in [0.4, 0.5) is 0 Å². The maximum absolute atomic E-state index is 13.1. The molecule has 1 aliphatic rings. The lowest BCUT2D eigenvalue weighted by Gasteiger charge is -2.36. The van der Waals surface area contributed by atoms with Gasteiger partial charge in [-0.3, -0.25) is 9.69 Å². The molecule has 0 spiro atoms. The molecule has 1 aliphatic heterocycles. The number of aromatic amines is 1. The smallest absolute Gasteiger partial charge is 0.252 e. The Hall–Kier alpha value is -2.58. The number of ether oxygens (including phenoxy) is 1. The minimum Gasteiger partial charge on any atom is -0.377 e. The predicted molar refractivity (Wildman–Crippen MR) is 129 cm³/mol. The van der Waals surface area contributed by atoms with Crippen LogP contribution in [0, 0.1) is 12.8 Å². The molecule has 3 aromatic rings. The molecule has 1 aromatic carbocycles. The lowest BCUT2D eigenvalue weighted by molar-refractivity contribution is 0.0371. The molecule has 4 rings (SSSR count). The molecule has 2 atom stereocenters. The van der Waals surface area contributed by atoms with Crippen LogP contribution >= 0.6 is 0 Å². The van der Waals surface area contributed by atoms with Crippen molar-refractivity contribution in [2.75, 3.05) is 13.2 Å². The van der Waals surface area contributed by atoms with E-state index in [0.717, 1.165) is 53.8 Å². The molecule has 2 aromatic heterocycles. The number of nitrogens with zero attached hydrogens (tertiary/aromatic N) is 5. The van der Waals surface area contributed by atoms with Crippen molar-refractivity contribution in [2.45, 2.75) is 78.6 Å². The Bertz CT molecular complexity index is 1150. The van der Waals surface area contributed by atoms with Crippen molar-refractivity contribution in [1.82, 2.24) is 30.1 Å². The van der Waals surface area contributed by atoms with E-state index in [2.05, 4.69) is 60.0 Å². The second kappa shape index (κ2) is 9.35. The van der Waals surface area contributed by atoms with Gasteiger partial charge in [0.15, 0.2) is 5.82 Å². The fourth-order valence-electron chi connectivity index (χ4n) is 4.83. The second-order valence-electron chi connectivity index (χ2n) is 10.5. The number of rotatable bonds is 7. The van der Waals surface area contributed by atoms with Crippen LogP contribution in [0.15, 0.2) is 29.1 Å². The Morgan fingerprint density at radius 1 is 1.30 bits per heavy atom. The van der Waals surface area contributed by atoms with Gasteiger partial charge in [0.2, 0.25) is 0 Å². The number of nitrogens with one attached hydrogen (secondary N) is 1. The zero-order valence-corrected chi connectivity index (χ0v) is 20.6. The highest BCUT2D eigenvalue weighted by atomic mass is 16.5. The van der Waals surface area contributed by atoms with Crippen LogP contribution < -0.4 is 5.56 Å². The highest BCUT2D eigenvalue weighted by Crippen LogP contribution is 2.32. The molecule has 3 heterocycles. The summed E-state index contributed by atoms with van der Waals surface area (Å²) in [6, 6.07) is 8.05. The van der Waals surface area contributed by atoms with E-state index < -0.39 is 0 Å². The van der Waals surface area contributed by atoms with Crippen molar-refractivity contribution >= 4 is 10.9 Å². The summed E-state index contributed by atoms with van der Waals surface area (Å²) < 4.78 is 7.91. The molecule has 0 bridgehead atoms. The van der Waals surface area contributed by atoms with Crippen LogP contribution in [-0.4, -0.2) is 49.3 Å². The maximum Gasteiger partial charge on any atom is 0.252 e. The van der Waals surface area contributed by atoms with Gasteiger partial charge in [0.25, 0.3) is 5.56 Å². The molecular formula is C25H36N6O2. The first kappa shape index (κ1) is 23.6. The van der Waals surface area contributed by atoms with Crippen molar-refractivity contribution in [2.24, 2.45) is 5.92 Å². The molecule has 0 amide bonds. The summed E-state index contributed by atoms with van der Waals surface area (Å²) in [6.45, 7) is 14.7. The van der Waals surface area contributed by atoms with E-state index in [9.17, 15) is 4.79 Å². The maximum atomic E-state index is 13.1. The van der Waals surface area contributed by atoms with Crippen LogP contribution in [0.25, 0.3) is 10.9 Å². The van der Waals surface area contributed by atoms with E-state index in [1.807, 2.05) is 35.9 Å². The summed E-state index contributed by atoms with van der Waals surface area (Å²) in [7, 11) is 0. The van der Waals surface area contributed by atoms with Crippen molar-refractivity contribution in [3.05, 3.63) is 51.6 Å². The minimum absolute atomic E-state index is 0.0490. The van der Waals surface area contributed by atoms with E-state index >= 15 is 0 Å². The van der Waals surface area contributed by atoms with Crippen molar-refractivity contribution in [3.63, 3.8) is 0 Å². The zero-order valence-electron chi connectivity index (χ0n) is 20.6. The third kappa shape index (κ3) is 5.01. The Morgan fingerprint density at radius 3 is 2.76 bits per heavy atom. The SMILES string of the molecule is Cc1cccc2cc(CN(C[C@@H]3CCCO3)[C@H](c3nnnn3C(C)(C)C)C(C)C)c(=O)[nH]c12. The van der Waals surface area contributed by atoms with Gasteiger partial charge in [-0.2, -0.15) is 0 Å². The number of aromatic nitrogens is 5. The van der Waals surface area contributed by atoms with E-state index in [0.29, 0.717) is 6.54 Å². The normalized spacial score (nSPS) is 18.0. The molecule has 1 saturated heterocycles. The number of para-hydroxylation sites is 1. The molecular weight excluding hydrogens is 416 g/mol. The number of pyridine rings is 1. The Morgan fingerprint density at radius 2 is 2.09 bits per heavy atom. The number of fused-ring (bicyclic) bond motifs is 1. The van der Waals surface area contributed by atoms with Gasteiger partial charge in [-0.25, -0.2) is 4.68 Å². The summed E-state index contributed by atoms with van der Waals surface area (Å²) >= 11 is 0. The lowest BCUT2D eigenvalue weighted by atomic mass is 9.98. The standard InChI is InChI=1S/C25H36N6O2/c1-16(2)22(23-27-28-29-31(23)25(4,5)6)30(15-20-11-8-12-33-20)14-19-13-18-10-7-9-17(3)21(18)26-24(19)32/h7,9-10,13,16,20,22H,8,11-12,14-15H2,1-6H3,(H,26,32)/t20-,22-/m0/s1. The van der Waals surface area contributed by atoms with Gasteiger partial charge in [-0.1, -0.05) is 32.0 Å². The molecule has 178 valence electrons. The van der Waals surface area contributed by atoms with Crippen molar-refractivity contribution in [3.8, 4) is 0 Å². The Kier molecular flexibility index (Phi) is 6.68. The van der Waals surface area contributed by atoms with Gasteiger partial charge in [0.1, 0.15) is 0 Å². The number of aryl methyl sites for hydroxylation is 1. The highest BCUT2D eigenvalue weighted by Gasteiger charge is 2.34. The third-order valence-electron chi connectivity index (χ3n) is 6.42. The van der Waals surface area contributed by atoms with E-state index in [1.54, 1.807) is 0 Å². The van der Waals surface area contributed by atoms with E-state index in [1.165, 1.54) is 0 Å². The van der Waals surface area contributed by atoms with Gasteiger partial charge in [-0.15, -0.1) is 5.10 Å². The highest BCUT2D eigenvalue weighted by molar-refractivity contribution is 5.81. The van der Waals surface area contributed by atoms with Crippen LogP contribution in [0.1, 0.15) is 70.5 Å². The molecule has 0 saturated carbocycles. The molecule has 8 nitrogen and oxygen atoms in total. The lowest BCUT2D eigenvalue weighted by Crippen LogP contribution is -2.41. The summed E-state index contributed by atoms with van der Waals surface area (Å²) in [5.74, 6) is 1.06. The first-order valence-electron chi connectivity index (χ1n) is 11.9. The van der Waals surface area contributed by atoms with Crippen molar-refractivity contribution in [1.29, 1.82) is 0 Å². The third-order valence-corrected chi connectivity index (χ3v) is 6.42. The topological polar surface area (TPSA) is 88.9 Å². The van der Waals surface area contributed by atoms with Crippen LogP contribution in [-0.2, 0) is 16.8 Å². The largest absolute Gasteiger partial charge is 0.377 e. The number of tetrazole rings is 1. The van der Waals surface area contributed by atoms with E-state index in [4.69, 9.17) is 4.74 Å². The van der Waals surface area contributed by atoms with Gasteiger partial charge in [-0.05, 0) is 73.9 Å². The number of H-pyrrole nitrogens is 1. The number of benzene rings is 1. The van der Waals surface area contributed by atoms with Crippen molar-refractivity contribution < 1.29 is 4.74 Å². The minimum atomic E-state index is -0.251. The van der Waals surface area contributed by atoms with Crippen LogP contribution in [0.5, 0.6) is 0 Å². The first-order chi connectivity index (χ1) is 15.6. The van der Waals surface area contributed by atoms with Gasteiger partial charge >= 0.3 is 0 Å². The molecule has 0 unspecified atom stereocenters. The molecule has 8 heteroatoms. The number of hydrogen-bond acceptors (Lipinski definition) is 6. The average molecular weight is 453 g/mol. The quantitative estimate of drug-likeness (QED) is 0.584. The summed E-state index contributed by atoms with van der Waals surface area (Å²) in [6.07, 6.45) is 2.24. The first-order valence-corrected chi connectivity index (χ1v) is 11.9. The fourth-order valence-corrected chi connectivity index (χ4v) is 4.83. The molecule has 0 radical (unpaired) electrons. The average Bonchev–Trinajstić information content (AvgIpc) is 3.41. The summed E-state index contributed by atoms with van der Waals surface area (Å²) in [4.78, 5) is 18.5. The van der Waals surface area contributed by atoms with Gasteiger partial charge in [0, 0.05) is 25.3 Å². The molecule has 33 heavy (non-hydrogen) atoms. The summed E-state index contributed by atoms with van der Waals surface area (Å²) in [5.41, 5.74) is 2.41. The van der Waals surface area contributed by atoms with E-state index in [-0.39, 0.29) is 29.2 Å². The zero-order chi connectivity index (χ0) is 23.8. The number of hydrogen-bond donors (Lipinski definition) is 1. The fraction of sp³-hybridized carbons (Fsp3) is 0.600. The Balaban J connectivity index is 1.76. The van der Waals surface area contributed by atoms with Gasteiger partial charge < -0.3 is 9.72 Å². The van der Waals surface area contributed by atoms with Crippen LogP contribution in [0.3, 0.4) is 0 Å². The molecule has 1 fully saturated rings.